The maximum absolute atomic E-state index is 13.5. The lowest BCUT2D eigenvalue weighted by Gasteiger charge is -2.21. The molecule has 0 bridgehead atoms. The van der Waals surface area contributed by atoms with Crippen molar-refractivity contribution in [3.63, 3.8) is 0 Å². The van der Waals surface area contributed by atoms with Crippen LogP contribution < -0.4 is 10.2 Å². The highest BCUT2D eigenvalue weighted by atomic mass is 16.5. The van der Waals surface area contributed by atoms with Gasteiger partial charge in [-0.25, -0.2) is 19.6 Å². The SMILES string of the molecule is CCOC(=N)c1ccc(NCc2nc3cc(C(=O)N(CCC(=O)OCC)c4ccccn4)ccc3n2C)cc1.O=C(O)/C=C/C(=O)O. The first kappa shape index (κ1) is 35.4. The molecule has 14 heteroatoms. The number of pyridine rings is 1. The van der Waals surface area contributed by atoms with Crippen molar-refractivity contribution in [3.8, 4) is 0 Å². The minimum absolute atomic E-state index is 0.0611. The maximum atomic E-state index is 13.5. The van der Waals surface area contributed by atoms with Crippen molar-refractivity contribution in [1.82, 2.24) is 14.5 Å². The fourth-order valence-electron chi connectivity index (χ4n) is 4.26. The number of benzene rings is 2. The van der Waals surface area contributed by atoms with Crippen molar-refractivity contribution >= 4 is 52.3 Å². The molecule has 0 saturated heterocycles. The fourth-order valence-corrected chi connectivity index (χ4v) is 4.26. The molecule has 0 aliphatic rings. The minimum Gasteiger partial charge on any atom is -0.478 e. The molecule has 47 heavy (non-hydrogen) atoms. The smallest absolute Gasteiger partial charge is 0.328 e. The Balaban J connectivity index is 0.000000665. The zero-order valence-electron chi connectivity index (χ0n) is 26.2. The summed E-state index contributed by atoms with van der Waals surface area (Å²) >= 11 is 0. The third-order valence-corrected chi connectivity index (χ3v) is 6.49. The van der Waals surface area contributed by atoms with E-state index in [9.17, 15) is 19.2 Å². The summed E-state index contributed by atoms with van der Waals surface area (Å²) in [6, 6.07) is 18.2. The molecule has 0 aliphatic heterocycles. The number of aliphatic carboxylic acids is 2. The van der Waals surface area contributed by atoms with E-state index in [1.807, 2.05) is 48.9 Å². The van der Waals surface area contributed by atoms with Crippen LogP contribution in [0.25, 0.3) is 11.0 Å². The van der Waals surface area contributed by atoms with Crippen LogP contribution in [-0.4, -0.2) is 74.2 Å². The Kier molecular flexibility index (Phi) is 13.1. The van der Waals surface area contributed by atoms with Crippen LogP contribution in [0.15, 0.2) is 79.0 Å². The number of nitrogens with one attached hydrogen (secondary N) is 2. The van der Waals surface area contributed by atoms with Gasteiger partial charge in [0.2, 0.25) is 5.90 Å². The number of carboxylic acid groups (broad SMARTS) is 2. The molecule has 246 valence electrons. The summed E-state index contributed by atoms with van der Waals surface area (Å²) in [5, 5.41) is 26.9. The summed E-state index contributed by atoms with van der Waals surface area (Å²) in [5.74, 6) is -1.76. The number of carbonyl (C=O) groups excluding carboxylic acids is 2. The van der Waals surface area contributed by atoms with E-state index in [-0.39, 0.29) is 37.3 Å². The van der Waals surface area contributed by atoms with Crippen LogP contribution >= 0.6 is 0 Å². The standard InChI is InChI=1S/C29H32N6O4.C4H4O4/c1-4-38-27(36)15-17-35(25-8-6-7-16-31-25)29(37)21-11-14-24-23(18-21)33-26(34(24)3)19-32-22-12-9-20(10-13-22)28(30)39-5-2;5-3(6)1-2-4(7)8/h6-14,16,18,30,32H,4-5,15,17,19H2,1-3H3;1-2H,(H,5,6)(H,7,8)/b;2-1+. The van der Waals surface area contributed by atoms with E-state index in [1.165, 1.54) is 4.90 Å². The Hall–Kier alpha value is -6.05. The quantitative estimate of drug-likeness (QED) is 0.0702. The zero-order valence-corrected chi connectivity index (χ0v) is 26.2. The Morgan fingerprint density at radius 3 is 2.19 bits per heavy atom. The molecule has 14 nitrogen and oxygen atoms in total. The predicted molar refractivity (Wildman–Crippen MR) is 175 cm³/mol. The molecule has 4 aromatic rings. The molecule has 0 fully saturated rings. The van der Waals surface area contributed by atoms with Gasteiger partial charge in [0.15, 0.2) is 0 Å². The van der Waals surface area contributed by atoms with Crippen molar-refractivity contribution in [2.24, 2.45) is 7.05 Å². The topological polar surface area (TPSA) is 197 Å². The Morgan fingerprint density at radius 2 is 1.60 bits per heavy atom. The summed E-state index contributed by atoms with van der Waals surface area (Å²) in [6.45, 7) is 4.95. The number of carboxylic acids is 2. The van der Waals surface area contributed by atoms with Gasteiger partial charge in [0.05, 0.1) is 37.2 Å². The van der Waals surface area contributed by atoms with E-state index in [0.717, 1.165) is 17.0 Å². The van der Waals surface area contributed by atoms with Gasteiger partial charge in [-0.05, 0) is 68.4 Å². The minimum atomic E-state index is -1.26. The predicted octanol–water partition coefficient (Wildman–Crippen LogP) is 4.25. The molecule has 2 aromatic heterocycles. The van der Waals surface area contributed by atoms with Gasteiger partial charge in [-0.1, -0.05) is 6.07 Å². The van der Waals surface area contributed by atoms with Crippen LogP contribution in [-0.2, 0) is 37.4 Å². The molecule has 0 radical (unpaired) electrons. The molecular formula is C33H36N6O8. The summed E-state index contributed by atoms with van der Waals surface area (Å²) in [7, 11) is 1.93. The number of fused-ring (bicyclic) bond motifs is 1. The van der Waals surface area contributed by atoms with Crippen LogP contribution in [0.3, 0.4) is 0 Å². The number of ether oxygens (including phenoxy) is 2. The lowest BCUT2D eigenvalue weighted by atomic mass is 10.1. The van der Waals surface area contributed by atoms with Gasteiger partial charge in [0.25, 0.3) is 5.91 Å². The molecule has 2 aromatic carbocycles. The van der Waals surface area contributed by atoms with Gasteiger partial charge in [-0.3, -0.25) is 19.9 Å². The molecule has 1 amide bonds. The third-order valence-electron chi connectivity index (χ3n) is 6.49. The van der Waals surface area contributed by atoms with Gasteiger partial charge in [0.1, 0.15) is 11.6 Å². The molecule has 0 atom stereocenters. The van der Waals surface area contributed by atoms with Crippen molar-refractivity contribution in [1.29, 1.82) is 5.41 Å². The van der Waals surface area contributed by atoms with Crippen LogP contribution in [0.5, 0.6) is 0 Å². The largest absolute Gasteiger partial charge is 0.478 e. The number of anilines is 2. The van der Waals surface area contributed by atoms with E-state index in [2.05, 4.69) is 10.3 Å². The third kappa shape index (κ3) is 10.5. The van der Waals surface area contributed by atoms with Crippen LogP contribution in [0.1, 0.15) is 42.0 Å². The van der Waals surface area contributed by atoms with E-state index >= 15 is 0 Å². The first-order chi connectivity index (χ1) is 22.5. The van der Waals surface area contributed by atoms with E-state index in [4.69, 9.17) is 30.1 Å². The monoisotopic (exact) mass is 644 g/mol. The summed E-state index contributed by atoms with van der Waals surface area (Å²) in [5.41, 5.74) is 3.62. The second-order valence-electron chi connectivity index (χ2n) is 9.69. The molecule has 0 aliphatic carbocycles. The van der Waals surface area contributed by atoms with Gasteiger partial charge >= 0.3 is 17.9 Å². The number of carbonyl (C=O) groups is 4. The van der Waals surface area contributed by atoms with Crippen molar-refractivity contribution in [2.75, 3.05) is 30.0 Å². The number of hydrogen-bond acceptors (Lipinski definition) is 10. The van der Waals surface area contributed by atoms with Crippen LogP contribution in [0, 0.1) is 5.41 Å². The van der Waals surface area contributed by atoms with Crippen molar-refractivity contribution < 1.29 is 38.9 Å². The van der Waals surface area contributed by atoms with Gasteiger partial charge in [0, 0.05) is 48.8 Å². The Labute approximate surface area is 270 Å². The van der Waals surface area contributed by atoms with Crippen LogP contribution in [0.2, 0.25) is 0 Å². The van der Waals surface area contributed by atoms with Crippen molar-refractivity contribution in [3.05, 3.63) is 96.0 Å². The van der Waals surface area contributed by atoms with Crippen LogP contribution in [0.4, 0.5) is 11.5 Å². The zero-order chi connectivity index (χ0) is 34.3. The van der Waals surface area contributed by atoms with E-state index in [1.54, 1.807) is 43.5 Å². The maximum Gasteiger partial charge on any atom is 0.328 e. The van der Waals surface area contributed by atoms with Gasteiger partial charge < -0.3 is 29.6 Å². The highest BCUT2D eigenvalue weighted by Crippen LogP contribution is 2.21. The van der Waals surface area contributed by atoms with Gasteiger partial charge in [-0.2, -0.15) is 0 Å². The Bertz CT molecular complexity index is 1720. The number of imidazole rings is 1. The fraction of sp³-hybridized carbons (Fsp3) is 0.242. The van der Waals surface area contributed by atoms with Crippen molar-refractivity contribution in [2.45, 2.75) is 26.8 Å². The summed E-state index contributed by atoms with van der Waals surface area (Å²) in [4.78, 5) is 55.2. The van der Waals surface area contributed by atoms with E-state index in [0.29, 0.717) is 47.8 Å². The highest BCUT2D eigenvalue weighted by Gasteiger charge is 2.21. The van der Waals surface area contributed by atoms with E-state index < -0.39 is 11.9 Å². The second kappa shape index (κ2) is 17.4. The second-order valence-corrected chi connectivity index (χ2v) is 9.69. The number of aromatic nitrogens is 3. The molecule has 2 heterocycles. The number of rotatable bonds is 13. The molecule has 4 N–H and O–H groups in total. The molecule has 0 spiro atoms. The first-order valence-electron chi connectivity index (χ1n) is 14.6. The average Bonchev–Trinajstić information content (AvgIpc) is 3.38. The lowest BCUT2D eigenvalue weighted by molar-refractivity contribution is -0.142. The highest BCUT2D eigenvalue weighted by molar-refractivity contribution is 6.07. The number of aryl methyl sites for hydroxylation is 1. The number of nitrogens with zero attached hydrogens (tertiary/aromatic N) is 4. The average molecular weight is 645 g/mol. The lowest BCUT2D eigenvalue weighted by Crippen LogP contribution is -2.34. The summed E-state index contributed by atoms with van der Waals surface area (Å²) < 4.78 is 12.3. The normalized spacial score (nSPS) is 10.5. The molecule has 0 saturated carbocycles. The van der Waals surface area contributed by atoms with Gasteiger partial charge in [-0.15, -0.1) is 0 Å². The first-order valence-corrected chi connectivity index (χ1v) is 14.6. The number of hydrogen-bond donors (Lipinski definition) is 4. The molecule has 4 rings (SSSR count). The Morgan fingerprint density at radius 1 is 0.936 bits per heavy atom. The number of esters is 1. The molecule has 0 unspecified atom stereocenters. The summed E-state index contributed by atoms with van der Waals surface area (Å²) in [6.07, 6.45) is 2.79. The number of amides is 1. The molecular weight excluding hydrogens is 608 g/mol.